The fraction of sp³-hybridized carbons (Fsp3) is 0.588. The van der Waals surface area contributed by atoms with Gasteiger partial charge in [-0.25, -0.2) is 0 Å². The predicted molar refractivity (Wildman–Crippen MR) is 91.1 cm³/mol. The SMILES string of the molecule is CCOc1ccc(CCC(=O)NCCN(CC)CC)cc1N. The number of carbonyl (C=O) groups excluding carboxylic acids is 1. The molecule has 1 rings (SSSR count). The Bertz CT molecular complexity index is 459. The summed E-state index contributed by atoms with van der Waals surface area (Å²) in [7, 11) is 0. The van der Waals surface area contributed by atoms with Crippen LogP contribution in [0.15, 0.2) is 18.2 Å². The summed E-state index contributed by atoms with van der Waals surface area (Å²) < 4.78 is 5.41. The number of nitrogens with one attached hydrogen (secondary N) is 1. The molecule has 0 radical (unpaired) electrons. The summed E-state index contributed by atoms with van der Waals surface area (Å²) in [5.74, 6) is 0.787. The Balaban J connectivity index is 2.33. The minimum atomic E-state index is 0.0830. The quantitative estimate of drug-likeness (QED) is 0.649. The van der Waals surface area contributed by atoms with E-state index in [4.69, 9.17) is 10.5 Å². The number of hydrogen-bond acceptors (Lipinski definition) is 4. The van der Waals surface area contributed by atoms with Crippen molar-refractivity contribution in [3.63, 3.8) is 0 Å². The second kappa shape index (κ2) is 10.1. The van der Waals surface area contributed by atoms with E-state index in [9.17, 15) is 4.79 Å². The number of anilines is 1. The van der Waals surface area contributed by atoms with E-state index in [1.807, 2.05) is 25.1 Å². The molecule has 1 aromatic carbocycles. The van der Waals surface area contributed by atoms with Gasteiger partial charge in [0.1, 0.15) is 5.75 Å². The molecule has 0 atom stereocenters. The zero-order valence-corrected chi connectivity index (χ0v) is 14.0. The van der Waals surface area contributed by atoms with Crippen molar-refractivity contribution in [3.8, 4) is 5.75 Å². The molecule has 0 aromatic heterocycles. The van der Waals surface area contributed by atoms with Crippen molar-refractivity contribution >= 4 is 11.6 Å². The van der Waals surface area contributed by atoms with Gasteiger partial charge in [0.2, 0.25) is 5.91 Å². The number of likely N-dealkylation sites (N-methyl/N-ethyl adjacent to an activating group) is 1. The first-order chi connectivity index (χ1) is 10.6. The third-order valence-corrected chi connectivity index (χ3v) is 3.66. The Morgan fingerprint density at radius 3 is 2.59 bits per heavy atom. The highest BCUT2D eigenvalue weighted by Gasteiger charge is 2.06. The van der Waals surface area contributed by atoms with Crippen molar-refractivity contribution in [2.75, 3.05) is 38.5 Å². The minimum absolute atomic E-state index is 0.0830. The summed E-state index contributed by atoms with van der Waals surface area (Å²) >= 11 is 0. The number of ether oxygens (including phenoxy) is 1. The van der Waals surface area contributed by atoms with Gasteiger partial charge in [-0.05, 0) is 44.1 Å². The van der Waals surface area contributed by atoms with Crippen molar-refractivity contribution in [1.82, 2.24) is 10.2 Å². The average molecular weight is 307 g/mol. The van der Waals surface area contributed by atoms with Gasteiger partial charge in [-0.3, -0.25) is 4.79 Å². The molecule has 5 nitrogen and oxygen atoms in total. The number of aryl methyl sites for hydroxylation is 1. The number of carbonyl (C=O) groups is 1. The molecule has 0 bridgehead atoms. The van der Waals surface area contributed by atoms with Crippen LogP contribution in [-0.2, 0) is 11.2 Å². The first kappa shape index (κ1) is 18.3. The van der Waals surface area contributed by atoms with E-state index in [1.54, 1.807) is 0 Å². The largest absolute Gasteiger partial charge is 0.492 e. The first-order valence-corrected chi connectivity index (χ1v) is 8.10. The maximum Gasteiger partial charge on any atom is 0.220 e. The molecule has 0 aliphatic heterocycles. The molecule has 0 saturated heterocycles. The molecular weight excluding hydrogens is 278 g/mol. The predicted octanol–water partition coefficient (Wildman–Crippen LogP) is 2.06. The second-order valence-corrected chi connectivity index (χ2v) is 5.18. The smallest absolute Gasteiger partial charge is 0.220 e. The molecule has 3 N–H and O–H groups in total. The molecule has 0 spiro atoms. The van der Waals surface area contributed by atoms with Gasteiger partial charge in [-0.2, -0.15) is 0 Å². The van der Waals surface area contributed by atoms with Gasteiger partial charge in [0.05, 0.1) is 12.3 Å². The maximum absolute atomic E-state index is 11.8. The molecule has 0 saturated carbocycles. The molecule has 1 aromatic rings. The number of nitrogen functional groups attached to an aromatic ring is 1. The van der Waals surface area contributed by atoms with Gasteiger partial charge in [0, 0.05) is 19.5 Å². The van der Waals surface area contributed by atoms with Crippen LogP contribution in [0.25, 0.3) is 0 Å². The molecule has 1 amide bonds. The van der Waals surface area contributed by atoms with Crippen LogP contribution in [0.2, 0.25) is 0 Å². The number of nitrogens with two attached hydrogens (primary N) is 1. The molecule has 0 unspecified atom stereocenters. The lowest BCUT2D eigenvalue weighted by Gasteiger charge is -2.17. The van der Waals surface area contributed by atoms with Crippen LogP contribution in [0.4, 0.5) is 5.69 Å². The van der Waals surface area contributed by atoms with Gasteiger partial charge in [-0.15, -0.1) is 0 Å². The monoisotopic (exact) mass is 307 g/mol. The van der Waals surface area contributed by atoms with E-state index in [-0.39, 0.29) is 5.91 Å². The van der Waals surface area contributed by atoms with Gasteiger partial charge in [-0.1, -0.05) is 19.9 Å². The van der Waals surface area contributed by atoms with E-state index < -0.39 is 0 Å². The fourth-order valence-electron chi connectivity index (χ4n) is 2.28. The van der Waals surface area contributed by atoms with E-state index >= 15 is 0 Å². The van der Waals surface area contributed by atoms with Gasteiger partial charge < -0.3 is 20.7 Å². The summed E-state index contributed by atoms with van der Waals surface area (Å²) in [4.78, 5) is 14.1. The lowest BCUT2D eigenvalue weighted by Crippen LogP contribution is -2.34. The van der Waals surface area contributed by atoms with Gasteiger partial charge >= 0.3 is 0 Å². The first-order valence-electron chi connectivity index (χ1n) is 8.10. The van der Waals surface area contributed by atoms with E-state index in [0.29, 0.717) is 37.4 Å². The standard InChI is InChI=1S/C17H29N3O2/c1-4-20(5-2)12-11-19-17(21)10-8-14-7-9-16(22-6-3)15(18)13-14/h7,9,13H,4-6,8,10-12,18H2,1-3H3,(H,19,21). The van der Waals surface area contributed by atoms with E-state index in [1.165, 1.54) is 0 Å². The van der Waals surface area contributed by atoms with Crippen LogP contribution in [-0.4, -0.2) is 43.6 Å². The number of hydrogen-bond donors (Lipinski definition) is 2. The molecule has 5 heteroatoms. The van der Waals surface area contributed by atoms with Crippen LogP contribution in [0, 0.1) is 0 Å². The normalized spacial score (nSPS) is 10.7. The lowest BCUT2D eigenvalue weighted by molar-refractivity contribution is -0.121. The summed E-state index contributed by atoms with van der Waals surface area (Å²) in [6.07, 6.45) is 1.17. The highest BCUT2D eigenvalue weighted by molar-refractivity contribution is 5.76. The molecule has 0 heterocycles. The van der Waals surface area contributed by atoms with Crippen LogP contribution in [0.5, 0.6) is 5.75 Å². The summed E-state index contributed by atoms with van der Waals surface area (Å²) in [5.41, 5.74) is 7.61. The Hall–Kier alpha value is -1.75. The van der Waals surface area contributed by atoms with Crippen molar-refractivity contribution < 1.29 is 9.53 Å². The Morgan fingerprint density at radius 2 is 2.00 bits per heavy atom. The van der Waals surface area contributed by atoms with Crippen LogP contribution >= 0.6 is 0 Å². The van der Waals surface area contributed by atoms with E-state index in [2.05, 4.69) is 24.1 Å². The molecule has 22 heavy (non-hydrogen) atoms. The molecule has 0 aliphatic carbocycles. The molecule has 0 fully saturated rings. The topological polar surface area (TPSA) is 67.6 Å². The maximum atomic E-state index is 11.8. The van der Waals surface area contributed by atoms with Crippen molar-refractivity contribution in [3.05, 3.63) is 23.8 Å². The fourth-order valence-corrected chi connectivity index (χ4v) is 2.28. The van der Waals surface area contributed by atoms with Crippen molar-refractivity contribution in [2.24, 2.45) is 0 Å². The highest BCUT2D eigenvalue weighted by atomic mass is 16.5. The van der Waals surface area contributed by atoms with Crippen molar-refractivity contribution in [2.45, 2.75) is 33.6 Å². The number of rotatable bonds is 10. The zero-order chi connectivity index (χ0) is 16.4. The molecule has 0 aliphatic rings. The number of amides is 1. The van der Waals surface area contributed by atoms with Crippen molar-refractivity contribution in [1.29, 1.82) is 0 Å². The van der Waals surface area contributed by atoms with Crippen LogP contribution in [0.3, 0.4) is 0 Å². The average Bonchev–Trinajstić information content (AvgIpc) is 2.52. The highest BCUT2D eigenvalue weighted by Crippen LogP contribution is 2.23. The van der Waals surface area contributed by atoms with Crippen LogP contribution in [0.1, 0.15) is 32.8 Å². The lowest BCUT2D eigenvalue weighted by atomic mass is 10.1. The zero-order valence-electron chi connectivity index (χ0n) is 14.0. The Morgan fingerprint density at radius 1 is 1.27 bits per heavy atom. The Kier molecular flexibility index (Phi) is 8.36. The third kappa shape index (κ3) is 6.35. The molecular formula is C17H29N3O2. The van der Waals surface area contributed by atoms with E-state index in [0.717, 1.165) is 25.2 Å². The summed E-state index contributed by atoms with van der Waals surface area (Å²) in [5, 5.41) is 2.96. The second-order valence-electron chi connectivity index (χ2n) is 5.18. The Labute approximate surface area is 133 Å². The van der Waals surface area contributed by atoms with Gasteiger partial charge in [0.15, 0.2) is 0 Å². The third-order valence-electron chi connectivity index (χ3n) is 3.66. The summed E-state index contributed by atoms with van der Waals surface area (Å²) in [6, 6.07) is 5.71. The number of benzene rings is 1. The number of nitrogens with zero attached hydrogens (tertiary/aromatic N) is 1. The van der Waals surface area contributed by atoms with Gasteiger partial charge in [0.25, 0.3) is 0 Å². The summed E-state index contributed by atoms with van der Waals surface area (Å²) in [6.45, 7) is 10.4. The van der Waals surface area contributed by atoms with Crippen LogP contribution < -0.4 is 15.8 Å². The minimum Gasteiger partial charge on any atom is -0.492 e. The molecule has 124 valence electrons.